The molecule has 0 aromatic heterocycles. The largest absolute Gasteiger partial charge is 0.495 e. The molecule has 2 aromatic carbocycles. The van der Waals surface area contributed by atoms with Crippen LogP contribution in [-0.2, 0) is 14.8 Å². The molecule has 2 unspecified atom stereocenters. The van der Waals surface area contributed by atoms with Crippen molar-refractivity contribution in [2.24, 2.45) is 0 Å². The molecule has 0 saturated heterocycles. The Bertz CT molecular complexity index is 1010. The van der Waals surface area contributed by atoms with E-state index >= 15 is 0 Å². The van der Waals surface area contributed by atoms with Gasteiger partial charge in [0.1, 0.15) is 11.8 Å². The molecule has 1 N–H and O–H groups in total. The highest BCUT2D eigenvalue weighted by Gasteiger charge is 2.32. The number of rotatable bonds is 7. The topological polar surface area (TPSA) is 75.7 Å². The van der Waals surface area contributed by atoms with Gasteiger partial charge >= 0.3 is 0 Å². The molecule has 158 valence electrons. The number of nitrogens with zero attached hydrogens (tertiary/aromatic N) is 1. The molecule has 0 aliphatic rings. The Hall–Kier alpha value is -2.25. The number of hydrogen-bond donors (Lipinski definition) is 1. The van der Waals surface area contributed by atoms with Crippen LogP contribution < -0.4 is 14.4 Å². The number of carbonyl (C=O) groups is 1. The molecular formula is C21H27ClN2O4S. The van der Waals surface area contributed by atoms with Crippen molar-refractivity contribution in [3.8, 4) is 5.75 Å². The molecule has 8 heteroatoms. The van der Waals surface area contributed by atoms with Crippen molar-refractivity contribution in [3.05, 3.63) is 58.1 Å². The third-order valence-electron chi connectivity index (χ3n) is 4.73. The van der Waals surface area contributed by atoms with Crippen molar-refractivity contribution in [1.82, 2.24) is 5.32 Å². The number of methoxy groups -OCH3 is 1. The van der Waals surface area contributed by atoms with Gasteiger partial charge in [-0.2, -0.15) is 0 Å². The van der Waals surface area contributed by atoms with Gasteiger partial charge in [-0.15, -0.1) is 0 Å². The zero-order chi connectivity index (χ0) is 21.9. The predicted octanol–water partition coefficient (Wildman–Crippen LogP) is 4.00. The van der Waals surface area contributed by atoms with E-state index in [9.17, 15) is 13.2 Å². The Labute approximate surface area is 177 Å². The fourth-order valence-corrected chi connectivity index (χ4v) is 4.59. The summed E-state index contributed by atoms with van der Waals surface area (Å²) >= 11 is 6.07. The first kappa shape index (κ1) is 23.0. The number of aryl methyl sites for hydroxylation is 2. The molecule has 29 heavy (non-hydrogen) atoms. The number of anilines is 1. The number of benzene rings is 2. The zero-order valence-electron chi connectivity index (χ0n) is 17.5. The van der Waals surface area contributed by atoms with Crippen molar-refractivity contribution >= 4 is 33.2 Å². The summed E-state index contributed by atoms with van der Waals surface area (Å²) in [6.07, 6.45) is 1.05. The molecule has 0 heterocycles. The molecule has 2 atom stereocenters. The van der Waals surface area contributed by atoms with Gasteiger partial charge in [0.05, 0.1) is 25.1 Å². The maximum Gasteiger partial charge on any atom is 0.244 e. The lowest BCUT2D eigenvalue weighted by molar-refractivity contribution is -0.122. The first-order valence-electron chi connectivity index (χ1n) is 9.16. The van der Waals surface area contributed by atoms with Gasteiger partial charge in [0.2, 0.25) is 15.9 Å². The highest BCUT2D eigenvalue weighted by Crippen LogP contribution is 2.34. The summed E-state index contributed by atoms with van der Waals surface area (Å²) in [4.78, 5) is 13.0. The summed E-state index contributed by atoms with van der Waals surface area (Å²) in [6, 6.07) is 9.36. The van der Waals surface area contributed by atoms with Gasteiger partial charge in [0.25, 0.3) is 0 Å². The highest BCUT2D eigenvalue weighted by atomic mass is 35.5. The Morgan fingerprint density at radius 2 is 1.79 bits per heavy atom. The summed E-state index contributed by atoms with van der Waals surface area (Å²) in [5, 5.41) is 3.26. The van der Waals surface area contributed by atoms with Crippen LogP contribution in [0.2, 0.25) is 5.02 Å². The molecule has 6 nitrogen and oxygen atoms in total. The number of carbonyl (C=O) groups excluding carboxylic acids is 1. The number of halogens is 1. The third kappa shape index (κ3) is 5.42. The second-order valence-electron chi connectivity index (χ2n) is 7.14. The minimum atomic E-state index is -3.79. The molecular weight excluding hydrogens is 412 g/mol. The standard InChI is InChI=1S/C21H27ClN2O4S/c1-13-7-8-14(2)18(11-13)15(3)23-21(25)16(4)24(29(6,26)27)19-12-17(22)9-10-20(19)28-5/h7-12,15-16H,1-6H3,(H,23,25). The summed E-state index contributed by atoms with van der Waals surface area (Å²) in [6.45, 7) is 7.36. The van der Waals surface area contributed by atoms with Gasteiger partial charge in [-0.3, -0.25) is 9.10 Å². The van der Waals surface area contributed by atoms with Crippen LogP contribution in [0.3, 0.4) is 0 Å². The molecule has 0 spiro atoms. The minimum Gasteiger partial charge on any atom is -0.495 e. The van der Waals surface area contributed by atoms with Crippen LogP contribution in [0.1, 0.15) is 36.6 Å². The molecule has 2 rings (SSSR count). The van der Waals surface area contributed by atoms with Crippen LogP contribution in [-0.4, -0.2) is 33.7 Å². The molecule has 0 aliphatic heterocycles. The first-order chi connectivity index (χ1) is 13.5. The zero-order valence-corrected chi connectivity index (χ0v) is 19.1. The van der Waals surface area contributed by atoms with E-state index in [1.54, 1.807) is 12.1 Å². The SMILES string of the molecule is COc1ccc(Cl)cc1N(C(C)C(=O)NC(C)c1cc(C)ccc1C)S(C)(=O)=O. The highest BCUT2D eigenvalue weighted by molar-refractivity contribution is 7.92. The number of hydrogen-bond acceptors (Lipinski definition) is 4. The second kappa shape index (κ2) is 9.05. The Morgan fingerprint density at radius 1 is 1.14 bits per heavy atom. The van der Waals surface area contributed by atoms with E-state index in [1.807, 2.05) is 39.0 Å². The van der Waals surface area contributed by atoms with Gasteiger partial charge in [-0.05, 0) is 57.0 Å². The van der Waals surface area contributed by atoms with E-state index in [0.29, 0.717) is 10.8 Å². The maximum atomic E-state index is 13.0. The molecule has 0 aliphatic carbocycles. The Balaban J connectivity index is 2.37. The van der Waals surface area contributed by atoms with Crippen LogP contribution >= 0.6 is 11.6 Å². The second-order valence-corrected chi connectivity index (χ2v) is 9.44. The molecule has 0 bridgehead atoms. The monoisotopic (exact) mass is 438 g/mol. The normalized spacial score (nSPS) is 13.5. The van der Waals surface area contributed by atoms with E-state index in [1.165, 1.54) is 20.1 Å². The maximum absolute atomic E-state index is 13.0. The Morgan fingerprint density at radius 3 is 2.38 bits per heavy atom. The van der Waals surface area contributed by atoms with Gasteiger partial charge in [-0.1, -0.05) is 35.4 Å². The fraction of sp³-hybridized carbons (Fsp3) is 0.381. The van der Waals surface area contributed by atoms with Crippen molar-refractivity contribution in [3.63, 3.8) is 0 Å². The van der Waals surface area contributed by atoms with Crippen LogP contribution in [0.25, 0.3) is 0 Å². The number of nitrogens with one attached hydrogen (secondary N) is 1. The van der Waals surface area contributed by atoms with Crippen molar-refractivity contribution < 1.29 is 17.9 Å². The van der Waals surface area contributed by atoms with Crippen LogP contribution in [0.5, 0.6) is 5.75 Å². The summed E-state index contributed by atoms with van der Waals surface area (Å²) < 4.78 is 31.4. The number of ether oxygens (including phenoxy) is 1. The minimum absolute atomic E-state index is 0.213. The van der Waals surface area contributed by atoms with Crippen LogP contribution in [0.15, 0.2) is 36.4 Å². The fourth-order valence-electron chi connectivity index (χ4n) is 3.25. The van der Waals surface area contributed by atoms with Crippen molar-refractivity contribution in [1.29, 1.82) is 0 Å². The molecule has 0 fully saturated rings. The molecule has 2 aromatic rings. The van der Waals surface area contributed by atoms with E-state index in [2.05, 4.69) is 5.32 Å². The first-order valence-corrected chi connectivity index (χ1v) is 11.4. The predicted molar refractivity (Wildman–Crippen MR) is 117 cm³/mol. The average molecular weight is 439 g/mol. The van der Waals surface area contributed by atoms with E-state index in [-0.39, 0.29) is 11.7 Å². The van der Waals surface area contributed by atoms with Gasteiger partial charge in [0, 0.05) is 5.02 Å². The Kier molecular flexibility index (Phi) is 7.19. The lowest BCUT2D eigenvalue weighted by Crippen LogP contribution is -2.48. The van der Waals surface area contributed by atoms with Gasteiger partial charge in [-0.25, -0.2) is 8.42 Å². The summed E-state index contributed by atoms with van der Waals surface area (Å²) in [5.41, 5.74) is 3.33. The molecule has 0 saturated carbocycles. The number of amides is 1. The molecule has 0 radical (unpaired) electrons. The summed E-state index contributed by atoms with van der Waals surface area (Å²) in [5.74, 6) is -0.118. The van der Waals surface area contributed by atoms with Crippen molar-refractivity contribution in [2.75, 3.05) is 17.7 Å². The smallest absolute Gasteiger partial charge is 0.244 e. The van der Waals surface area contributed by atoms with E-state index in [4.69, 9.17) is 16.3 Å². The van der Waals surface area contributed by atoms with Crippen molar-refractivity contribution in [2.45, 2.75) is 39.8 Å². The quantitative estimate of drug-likeness (QED) is 0.708. The van der Waals surface area contributed by atoms with Crippen LogP contribution in [0.4, 0.5) is 5.69 Å². The van der Waals surface area contributed by atoms with E-state index in [0.717, 1.165) is 27.3 Å². The van der Waals surface area contributed by atoms with E-state index < -0.39 is 22.0 Å². The number of sulfonamides is 1. The molecule has 1 amide bonds. The lowest BCUT2D eigenvalue weighted by atomic mass is 10.00. The van der Waals surface area contributed by atoms with Crippen LogP contribution in [0, 0.1) is 13.8 Å². The average Bonchev–Trinajstić information content (AvgIpc) is 2.62. The van der Waals surface area contributed by atoms with Gasteiger partial charge in [0.15, 0.2) is 0 Å². The van der Waals surface area contributed by atoms with Gasteiger partial charge < -0.3 is 10.1 Å². The third-order valence-corrected chi connectivity index (χ3v) is 6.19. The lowest BCUT2D eigenvalue weighted by Gasteiger charge is -2.30. The summed E-state index contributed by atoms with van der Waals surface area (Å²) in [7, 11) is -2.36.